The quantitative estimate of drug-likeness (QED) is 0.709. The highest BCUT2D eigenvalue weighted by Gasteiger charge is 2.15. The number of hydrogen-bond donors (Lipinski definition) is 1. The molecule has 0 unspecified atom stereocenters. The van der Waals surface area contributed by atoms with E-state index in [1.54, 1.807) is 31.7 Å². The first kappa shape index (κ1) is 19.5. The molecule has 0 aliphatic rings. The molecule has 0 spiro atoms. The van der Waals surface area contributed by atoms with Crippen molar-refractivity contribution in [2.24, 2.45) is 0 Å². The standard InChI is InChI=1S/C18H20N2O5S/c1-20(11-13-6-3-4-7-14(13)24-2)16(21)12-25-17(22)10-19-18(23)15-8-5-9-26-15/h3-9H,10-12H2,1-2H3,(H,19,23). The lowest BCUT2D eigenvalue weighted by Gasteiger charge is -2.18. The summed E-state index contributed by atoms with van der Waals surface area (Å²) in [5.41, 5.74) is 0.848. The Kier molecular flexibility index (Phi) is 7.16. The van der Waals surface area contributed by atoms with Crippen molar-refractivity contribution in [3.8, 4) is 5.75 Å². The smallest absolute Gasteiger partial charge is 0.325 e. The van der Waals surface area contributed by atoms with Crippen LogP contribution in [0, 0.1) is 0 Å². The first-order valence-electron chi connectivity index (χ1n) is 7.84. The van der Waals surface area contributed by atoms with E-state index in [-0.39, 0.29) is 25.0 Å². The molecule has 1 aromatic carbocycles. The summed E-state index contributed by atoms with van der Waals surface area (Å²) in [6.07, 6.45) is 0. The lowest BCUT2D eigenvalue weighted by atomic mass is 10.2. The maximum atomic E-state index is 12.1. The van der Waals surface area contributed by atoms with E-state index in [0.717, 1.165) is 5.56 Å². The van der Waals surface area contributed by atoms with Crippen molar-refractivity contribution in [2.45, 2.75) is 6.54 Å². The zero-order chi connectivity index (χ0) is 18.9. The molecule has 0 aliphatic carbocycles. The van der Waals surface area contributed by atoms with Crippen LogP contribution in [0.4, 0.5) is 0 Å². The Bertz CT molecular complexity index is 761. The van der Waals surface area contributed by atoms with Gasteiger partial charge in [0.15, 0.2) is 6.61 Å². The Morgan fingerprint density at radius 2 is 1.92 bits per heavy atom. The van der Waals surface area contributed by atoms with E-state index < -0.39 is 5.97 Å². The van der Waals surface area contributed by atoms with Crippen LogP contribution in [0.15, 0.2) is 41.8 Å². The number of methoxy groups -OCH3 is 1. The largest absolute Gasteiger partial charge is 0.496 e. The average Bonchev–Trinajstić information content (AvgIpc) is 3.19. The number of carbonyl (C=O) groups is 3. The van der Waals surface area contributed by atoms with Crippen molar-refractivity contribution in [3.63, 3.8) is 0 Å². The van der Waals surface area contributed by atoms with E-state index in [0.29, 0.717) is 17.2 Å². The molecule has 1 N–H and O–H groups in total. The topological polar surface area (TPSA) is 84.9 Å². The fourth-order valence-corrected chi connectivity index (χ4v) is 2.77. The molecule has 2 amide bonds. The molecule has 0 atom stereocenters. The Balaban J connectivity index is 1.74. The molecule has 1 aromatic heterocycles. The molecular formula is C18H20N2O5S. The molecule has 0 saturated carbocycles. The van der Waals surface area contributed by atoms with Gasteiger partial charge in [-0.3, -0.25) is 14.4 Å². The second-order valence-electron chi connectivity index (χ2n) is 5.38. The molecule has 0 saturated heterocycles. The van der Waals surface area contributed by atoms with Crippen LogP contribution in [0.1, 0.15) is 15.2 Å². The van der Waals surface area contributed by atoms with Crippen molar-refractivity contribution >= 4 is 29.1 Å². The van der Waals surface area contributed by atoms with Crippen molar-refractivity contribution in [1.82, 2.24) is 10.2 Å². The number of carbonyl (C=O) groups excluding carboxylic acids is 3. The summed E-state index contributed by atoms with van der Waals surface area (Å²) in [6, 6.07) is 10.8. The second kappa shape index (κ2) is 9.57. The van der Waals surface area contributed by atoms with Crippen LogP contribution in [-0.2, 0) is 20.9 Å². The van der Waals surface area contributed by atoms with Crippen LogP contribution < -0.4 is 10.1 Å². The van der Waals surface area contributed by atoms with Gasteiger partial charge in [0.1, 0.15) is 12.3 Å². The predicted octanol–water partition coefficient (Wildman–Crippen LogP) is 1.69. The summed E-state index contributed by atoms with van der Waals surface area (Å²) >= 11 is 1.27. The first-order valence-corrected chi connectivity index (χ1v) is 8.72. The molecule has 0 radical (unpaired) electrons. The normalized spacial score (nSPS) is 10.1. The van der Waals surface area contributed by atoms with E-state index in [9.17, 15) is 14.4 Å². The number of thiophene rings is 1. The number of rotatable bonds is 8. The molecule has 0 aliphatic heterocycles. The number of likely N-dealkylation sites (N-methyl/N-ethyl adjacent to an activating group) is 1. The fraction of sp³-hybridized carbons (Fsp3) is 0.278. The minimum atomic E-state index is -0.672. The van der Waals surface area contributed by atoms with Crippen LogP contribution in [0.5, 0.6) is 5.75 Å². The summed E-state index contributed by atoms with van der Waals surface area (Å²) in [5, 5.41) is 4.22. The zero-order valence-electron chi connectivity index (χ0n) is 14.6. The molecule has 1 heterocycles. The van der Waals surface area contributed by atoms with E-state index in [2.05, 4.69) is 5.32 Å². The summed E-state index contributed by atoms with van der Waals surface area (Å²) in [4.78, 5) is 37.4. The van der Waals surface area contributed by atoms with Gasteiger partial charge in [0, 0.05) is 19.2 Å². The summed E-state index contributed by atoms with van der Waals surface area (Å²) < 4.78 is 10.2. The molecule has 0 bridgehead atoms. The maximum Gasteiger partial charge on any atom is 0.325 e. The first-order chi connectivity index (χ1) is 12.5. The number of nitrogens with one attached hydrogen (secondary N) is 1. The van der Waals surface area contributed by atoms with Gasteiger partial charge >= 0.3 is 5.97 Å². The van der Waals surface area contributed by atoms with Crippen molar-refractivity contribution in [1.29, 1.82) is 0 Å². The van der Waals surface area contributed by atoms with Crippen molar-refractivity contribution in [3.05, 3.63) is 52.2 Å². The lowest BCUT2D eigenvalue weighted by Crippen LogP contribution is -2.34. The van der Waals surface area contributed by atoms with Gasteiger partial charge in [-0.25, -0.2) is 0 Å². The maximum absolute atomic E-state index is 12.1. The Morgan fingerprint density at radius 1 is 1.15 bits per heavy atom. The highest BCUT2D eigenvalue weighted by atomic mass is 32.1. The third kappa shape index (κ3) is 5.59. The number of ether oxygens (including phenoxy) is 2. The van der Waals surface area contributed by atoms with Crippen LogP contribution in [0.3, 0.4) is 0 Å². The minimum absolute atomic E-state index is 0.291. The molecular weight excluding hydrogens is 356 g/mol. The van der Waals surface area contributed by atoms with Gasteiger partial charge in [-0.2, -0.15) is 0 Å². The Labute approximate surface area is 155 Å². The third-order valence-electron chi connectivity index (χ3n) is 3.52. The monoisotopic (exact) mass is 376 g/mol. The SMILES string of the molecule is COc1ccccc1CN(C)C(=O)COC(=O)CNC(=O)c1cccs1. The average molecular weight is 376 g/mol. The van der Waals surface area contributed by atoms with E-state index in [1.807, 2.05) is 24.3 Å². The number of hydrogen-bond acceptors (Lipinski definition) is 6. The van der Waals surface area contributed by atoms with Gasteiger partial charge in [0.2, 0.25) is 0 Å². The summed E-state index contributed by atoms with van der Waals surface area (Å²) in [5.74, 6) is -0.695. The van der Waals surface area contributed by atoms with Crippen LogP contribution >= 0.6 is 11.3 Å². The predicted molar refractivity (Wildman–Crippen MR) is 97.1 cm³/mol. The van der Waals surface area contributed by atoms with E-state index >= 15 is 0 Å². The van der Waals surface area contributed by atoms with Crippen molar-refractivity contribution < 1.29 is 23.9 Å². The van der Waals surface area contributed by atoms with Gasteiger partial charge in [0.25, 0.3) is 11.8 Å². The van der Waals surface area contributed by atoms with E-state index in [4.69, 9.17) is 9.47 Å². The molecule has 0 fully saturated rings. The number of benzene rings is 1. The van der Waals surface area contributed by atoms with Gasteiger partial charge in [-0.15, -0.1) is 11.3 Å². The Morgan fingerprint density at radius 3 is 2.62 bits per heavy atom. The number of nitrogens with zero attached hydrogens (tertiary/aromatic N) is 1. The van der Waals surface area contributed by atoms with Crippen LogP contribution in [0.25, 0.3) is 0 Å². The van der Waals surface area contributed by atoms with Gasteiger partial charge in [-0.1, -0.05) is 24.3 Å². The van der Waals surface area contributed by atoms with Crippen LogP contribution in [0.2, 0.25) is 0 Å². The fourth-order valence-electron chi connectivity index (χ4n) is 2.13. The summed E-state index contributed by atoms with van der Waals surface area (Å²) in [6.45, 7) is -0.352. The molecule has 7 nitrogen and oxygen atoms in total. The number of esters is 1. The van der Waals surface area contributed by atoms with Gasteiger partial charge in [-0.05, 0) is 17.5 Å². The highest BCUT2D eigenvalue weighted by Crippen LogP contribution is 2.18. The van der Waals surface area contributed by atoms with Gasteiger partial charge < -0.3 is 19.7 Å². The molecule has 2 aromatic rings. The zero-order valence-corrected chi connectivity index (χ0v) is 15.4. The lowest BCUT2D eigenvalue weighted by molar-refractivity contribution is -0.150. The van der Waals surface area contributed by atoms with Crippen LogP contribution in [-0.4, -0.2) is 50.0 Å². The number of para-hydroxylation sites is 1. The Hall–Kier alpha value is -2.87. The van der Waals surface area contributed by atoms with Gasteiger partial charge in [0.05, 0.1) is 12.0 Å². The minimum Gasteiger partial charge on any atom is -0.496 e. The molecule has 138 valence electrons. The molecule has 26 heavy (non-hydrogen) atoms. The molecule has 8 heteroatoms. The summed E-state index contributed by atoms with van der Waals surface area (Å²) in [7, 11) is 3.17. The van der Waals surface area contributed by atoms with Crippen molar-refractivity contribution in [2.75, 3.05) is 27.3 Å². The number of amides is 2. The third-order valence-corrected chi connectivity index (χ3v) is 4.39. The van der Waals surface area contributed by atoms with E-state index in [1.165, 1.54) is 16.2 Å². The molecule has 2 rings (SSSR count). The second-order valence-corrected chi connectivity index (χ2v) is 6.33. The highest BCUT2D eigenvalue weighted by molar-refractivity contribution is 7.12.